The Morgan fingerprint density at radius 2 is 2.00 bits per heavy atom. The summed E-state index contributed by atoms with van der Waals surface area (Å²) in [6.07, 6.45) is 2.83. The second kappa shape index (κ2) is 2.13. The molecule has 0 saturated carbocycles. The van der Waals surface area contributed by atoms with Crippen LogP contribution in [0.4, 0.5) is 0 Å². The van der Waals surface area contributed by atoms with Crippen molar-refractivity contribution in [3.05, 3.63) is 25.0 Å². The maximum Gasteiger partial charge on any atom is 0.124 e. The molecule has 1 nitrogen and oxygen atoms in total. The minimum atomic E-state index is -0.194. The SMILES string of the molecule is C=CC1(C)CC(C)(C)C(=C)O1. The fourth-order valence-corrected chi connectivity index (χ4v) is 1.55. The van der Waals surface area contributed by atoms with Gasteiger partial charge in [0.1, 0.15) is 5.60 Å². The van der Waals surface area contributed by atoms with Crippen LogP contribution in [-0.4, -0.2) is 5.60 Å². The maximum absolute atomic E-state index is 5.60. The molecular formula is C10H16O. The fraction of sp³-hybridized carbons (Fsp3) is 0.600. The minimum absolute atomic E-state index is 0.100. The zero-order valence-corrected chi connectivity index (χ0v) is 7.61. The Morgan fingerprint density at radius 3 is 2.18 bits per heavy atom. The molecule has 1 unspecified atom stereocenters. The Balaban J connectivity index is 2.87. The van der Waals surface area contributed by atoms with Gasteiger partial charge in [-0.25, -0.2) is 0 Å². The van der Waals surface area contributed by atoms with E-state index in [1.54, 1.807) is 0 Å². The minimum Gasteiger partial charge on any atom is -0.488 e. The highest BCUT2D eigenvalue weighted by Crippen LogP contribution is 2.45. The highest BCUT2D eigenvalue weighted by Gasteiger charge is 2.42. The summed E-state index contributed by atoms with van der Waals surface area (Å²) in [5.41, 5.74) is -0.0937. The van der Waals surface area contributed by atoms with Gasteiger partial charge < -0.3 is 4.74 Å². The standard InChI is InChI=1S/C10H16O/c1-6-10(5)7-9(3,4)8(2)11-10/h6H,1-2,7H2,3-5H3. The topological polar surface area (TPSA) is 9.23 Å². The number of allylic oxidation sites excluding steroid dienone is 1. The van der Waals surface area contributed by atoms with E-state index in [0.717, 1.165) is 12.2 Å². The largest absolute Gasteiger partial charge is 0.488 e. The average Bonchev–Trinajstić information content (AvgIpc) is 2.04. The van der Waals surface area contributed by atoms with Crippen LogP contribution in [0.15, 0.2) is 25.0 Å². The van der Waals surface area contributed by atoms with Gasteiger partial charge in [-0.1, -0.05) is 27.0 Å². The van der Waals surface area contributed by atoms with Crippen molar-refractivity contribution in [2.24, 2.45) is 5.41 Å². The van der Waals surface area contributed by atoms with Crippen LogP contribution in [0.25, 0.3) is 0 Å². The molecule has 0 aliphatic carbocycles. The van der Waals surface area contributed by atoms with E-state index in [1.807, 2.05) is 13.0 Å². The zero-order valence-electron chi connectivity index (χ0n) is 7.61. The molecule has 1 fully saturated rings. The van der Waals surface area contributed by atoms with Crippen molar-refractivity contribution in [3.63, 3.8) is 0 Å². The van der Waals surface area contributed by atoms with E-state index >= 15 is 0 Å². The Labute approximate surface area is 68.8 Å². The lowest BCUT2D eigenvalue weighted by Gasteiger charge is -2.18. The summed E-state index contributed by atoms with van der Waals surface area (Å²) in [6.45, 7) is 14.0. The molecule has 0 amide bonds. The summed E-state index contributed by atoms with van der Waals surface area (Å²) in [5.74, 6) is 0.875. The van der Waals surface area contributed by atoms with E-state index < -0.39 is 0 Å². The Bertz CT molecular complexity index is 203. The molecular weight excluding hydrogens is 136 g/mol. The second-order valence-corrected chi connectivity index (χ2v) is 4.10. The second-order valence-electron chi connectivity index (χ2n) is 4.10. The lowest BCUT2D eigenvalue weighted by Crippen LogP contribution is -2.20. The van der Waals surface area contributed by atoms with Gasteiger partial charge >= 0.3 is 0 Å². The van der Waals surface area contributed by atoms with Crippen molar-refractivity contribution in [1.29, 1.82) is 0 Å². The molecule has 11 heavy (non-hydrogen) atoms. The van der Waals surface area contributed by atoms with E-state index in [-0.39, 0.29) is 11.0 Å². The lowest BCUT2D eigenvalue weighted by atomic mass is 9.84. The van der Waals surface area contributed by atoms with E-state index in [0.29, 0.717) is 0 Å². The summed E-state index contributed by atoms with van der Waals surface area (Å²) < 4.78 is 5.60. The van der Waals surface area contributed by atoms with E-state index in [4.69, 9.17) is 4.74 Å². The molecule has 0 spiro atoms. The smallest absolute Gasteiger partial charge is 0.124 e. The van der Waals surface area contributed by atoms with Gasteiger partial charge in [0.25, 0.3) is 0 Å². The third-order valence-corrected chi connectivity index (χ3v) is 2.34. The lowest BCUT2D eigenvalue weighted by molar-refractivity contribution is 0.106. The van der Waals surface area contributed by atoms with E-state index in [9.17, 15) is 0 Å². The third-order valence-electron chi connectivity index (χ3n) is 2.34. The molecule has 1 heterocycles. The third kappa shape index (κ3) is 1.32. The first kappa shape index (κ1) is 8.38. The number of rotatable bonds is 1. The molecule has 0 aromatic heterocycles. The van der Waals surface area contributed by atoms with Crippen LogP contribution >= 0.6 is 0 Å². The van der Waals surface area contributed by atoms with E-state index in [1.165, 1.54) is 0 Å². The molecule has 0 aromatic carbocycles. The molecule has 1 aliphatic heterocycles. The molecule has 1 saturated heterocycles. The molecule has 0 bridgehead atoms. The highest BCUT2D eigenvalue weighted by molar-refractivity contribution is 5.14. The van der Waals surface area contributed by atoms with Crippen molar-refractivity contribution in [3.8, 4) is 0 Å². The summed E-state index contributed by atoms with van der Waals surface area (Å²) in [6, 6.07) is 0. The zero-order chi connectivity index (χ0) is 8.70. The molecule has 1 atom stereocenters. The Morgan fingerprint density at radius 1 is 1.45 bits per heavy atom. The molecule has 0 N–H and O–H groups in total. The summed E-state index contributed by atoms with van der Waals surface area (Å²) in [5, 5.41) is 0. The molecule has 1 aliphatic rings. The number of hydrogen-bond donors (Lipinski definition) is 0. The van der Waals surface area contributed by atoms with Crippen molar-refractivity contribution in [2.75, 3.05) is 0 Å². The van der Waals surface area contributed by atoms with Gasteiger partial charge in [0.15, 0.2) is 0 Å². The van der Waals surface area contributed by atoms with Gasteiger partial charge in [0, 0.05) is 11.8 Å². The van der Waals surface area contributed by atoms with Crippen LogP contribution in [0.1, 0.15) is 27.2 Å². The normalized spacial score (nSPS) is 35.0. The average molecular weight is 152 g/mol. The van der Waals surface area contributed by atoms with Gasteiger partial charge in [0.05, 0.1) is 5.76 Å². The monoisotopic (exact) mass is 152 g/mol. The highest BCUT2D eigenvalue weighted by atomic mass is 16.5. The van der Waals surface area contributed by atoms with Crippen LogP contribution in [0.5, 0.6) is 0 Å². The molecule has 62 valence electrons. The van der Waals surface area contributed by atoms with Gasteiger partial charge in [-0.2, -0.15) is 0 Å². The maximum atomic E-state index is 5.60. The predicted octanol–water partition coefficient (Wildman–Crippen LogP) is 2.89. The predicted molar refractivity (Wildman–Crippen MR) is 47.2 cm³/mol. The number of ether oxygens (including phenoxy) is 1. The summed E-state index contributed by atoms with van der Waals surface area (Å²) >= 11 is 0. The molecule has 1 rings (SSSR count). The first-order chi connectivity index (χ1) is 4.90. The summed E-state index contributed by atoms with van der Waals surface area (Å²) in [7, 11) is 0. The van der Waals surface area contributed by atoms with Crippen molar-refractivity contribution in [2.45, 2.75) is 32.8 Å². The van der Waals surface area contributed by atoms with Crippen LogP contribution in [-0.2, 0) is 4.74 Å². The van der Waals surface area contributed by atoms with Crippen LogP contribution in [0, 0.1) is 5.41 Å². The molecule has 1 heteroatoms. The fourth-order valence-electron chi connectivity index (χ4n) is 1.55. The van der Waals surface area contributed by atoms with Crippen LogP contribution in [0.2, 0.25) is 0 Å². The molecule has 0 radical (unpaired) electrons. The van der Waals surface area contributed by atoms with Gasteiger partial charge in [-0.05, 0) is 13.0 Å². The van der Waals surface area contributed by atoms with Gasteiger partial charge in [0.2, 0.25) is 0 Å². The van der Waals surface area contributed by atoms with Gasteiger partial charge in [-0.3, -0.25) is 0 Å². The first-order valence-corrected chi connectivity index (χ1v) is 3.92. The van der Waals surface area contributed by atoms with Crippen LogP contribution in [0.3, 0.4) is 0 Å². The quantitative estimate of drug-likeness (QED) is 0.525. The van der Waals surface area contributed by atoms with Crippen LogP contribution < -0.4 is 0 Å². The Kier molecular flexibility index (Phi) is 1.62. The van der Waals surface area contributed by atoms with Crippen molar-refractivity contribution < 1.29 is 4.74 Å². The van der Waals surface area contributed by atoms with E-state index in [2.05, 4.69) is 27.0 Å². The Hall–Kier alpha value is -0.720. The van der Waals surface area contributed by atoms with Gasteiger partial charge in [-0.15, -0.1) is 0 Å². The van der Waals surface area contributed by atoms with Crippen molar-refractivity contribution >= 4 is 0 Å². The molecule has 0 aromatic rings. The first-order valence-electron chi connectivity index (χ1n) is 3.92. The summed E-state index contributed by atoms with van der Waals surface area (Å²) in [4.78, 5) is 0. The van der Waals surface area contributed by atoms with Crippen molar-refractivity contribution in [1.82, 2.24) is 0 Å². The number of hydrogen-bond acceptors (Lipinski definition) is 1.